The van der Waals surface area contributed by atoms with Crippen LogP contribution < -0.4 is 14.8 Å². The summed E-state index contributed by atoms with van der Waals surface area (Å²) in [6.07, 6.45) is 1.81. The maximum atomic E-state index is 12.7. The monoisotopic (exact) mass is 444 g/mol. The van der Waals surface area contributed by atoms with Crippen LogP contribution in [0.5, 0.6) is 11.5 Å². The molecule has 31 heavy (non-hydrogen) atoms. The van der Waals surface area contributed by atoms with Gasteiger partial charge in [0.05, 0.1) is 6.10 Å². The number of ether oxygens (including phenoxy) is 2. The molecule has 1 fully saturated rings. The number of likely N-dealkylation sites (tertiary alicyclic amines) is 1. The number of carbonyl (C=O) groups excluding carboxylic acids is 1. The van der Waals surface area contributed by atoms with Gasteiger partial charge < -0.3 is 24.8 Å². The summed E-state index contributed by atoms with van der Waals surface area (Å²) in [5, 5.41) is 14.8. The first-order valence-corrected chi connectivity index (χ1v) is 11.3. The van der Waals surface area contributed by atoms with Crippen LogP contribution in [0, 0.1) is 5.92 Å². The first kappa shape index (κ1) is 21.9. The lowest BCUT2D eigenvalue weighted by molar-refractivity contribution is -0.123. The Hall–Kier alpha value is -2.28. The van der Waals surface area contributed by atoms with Crippen molar-refractivity contribution in [1.82, 2.24) is 10.2 Å². The third-order valence-corrected chi connectivity index (χ3v) is 6.15. The molecule has 2 N–H and O–H groups in total. The van der Waals surface area contributed by atoms with Gasteiger partial charge in [0, 0.05) is 30.5 Å². The second kappa shape index (κ2) is 10.4. The molecule has 4 rings (SSSR count). The SMILES string of the molecule is O=C(C[C@H](CN1CCCC1)[C@H](O)c1ccc2c(c1)OCCO2)NCc1ccc(Cl)cc1. The van der Waals surface area contributed by atoms with Crippen LogP contribution in [0.3, 0.4) is 0 Å². The van der Waals surface area contributed by atoms with Gasteiger partial charge in [-0.05, 0) is 61.3 Å². The normalized spacial score (nSPS) is 17.9. The zero-order valence-electron chi connectivity index (χ0n) is 17.6. The second-order valence-electron chi connectivity index (χ2n) is 8.22. The van der Waals surface area contributed by atoms with Gasteiger partial charge in [-0.25, -0.2) is 0 Å². The number of rotatable bonds is 8. The van der Waals surface area contributed by atoms with E-state index >= 15 is 0 Å². The average Bonchev–Trinajstić information content (AvgIpc) is 3.30. The van der Waals surface area contributed by atoms with Gasteiger partial charge in [-0.15, -0.1) is 0 Å². The lowest BCUT2D eigenvalue weighted by Gasteiger charge is -2.28. The second-order valence-corrected chi connectivity index (χ2v) is 8.66. The molecule has 0 aliphatic carbocycles. The molecular formula is C24H29ClN2O4. The number of benzene rings is 2. The van der Waals surface area contributed by atoms with E-state index in [-0.39, 0.29) is 18.2 Å². The van der Waals surface area contributed by atoms with E-state index in [1.165, 1.54) is 0 Å². The molecule has 0 unspecified atom stereocenters. The molecule has 6 nitrogen and oxygen atoms in total. The van der Waals surface area contributed by atoms with Crippen LogP contribution in [0.2, 0.25) is 5.02 Å². The lowest BCUT2D eigenvalue weighted by atomic mass is 9.91. The third-order valence-electron chi connectivity index (χ3n) is 5.90. The van der Waals surface area contributed by atoms with Crippen molar-refractivity contribution < 1.29 is 19.4 Å². The molecule has 2 aromatic rings. The van der Waals surface area contributed by atoms with Gasteiger partial charge in [-0.2, -0.15) is 0 Å². The van der Waals surface area contributed by atoms with Gasteiger partial charge in [0.25, 0.3) is 0 Å². The van der Waals surface area contributed by atoms with E-state index in [4.69, 9.17) is 21.1 Å². The highest BCUT2D eigenvalue weighted by atomic mass is 35.5. The fraction of sp³-hybridized carbons (Fsp3) is 0.458. The highest BCUT2D eigenvalue weighted by molar-refractivity contribution is 6.30. The van der Waals surface area contributed by atoms with E-state index in [0.717, 1.165) is 37.1 Å². The molecule has 0 spiro atoms. The Labute approximate surface area is 188 Å². The lowest BCUT2D eigenvalue weighted by Crippen LogP contribution is -2.34. The number of hydrogen-bond donors (Lipinski definition) is 2. The number of nitrogens with one attached hydrogen (secondary N) is 1. The molecule has 0 bridgehead atoms. The average molecular weight is 445 g/mol. The Morgan fingerprint density at radius 1 is 1.06 bits per heavy atom. The Morgan fingerprint density at radius 3 is 2.52 bits per heavy atom. The van der Waals surface area contributed by atoms with Crippen LogP contribution in [0.15, 0.2) is 42.5 Å². The number of aliphatic hydroxyl groups excluding tert-OH is 1. The summed E-state index contributed by atoms with van der Waals surface area (Å²) in [4.78, 5) is 15.1. The Kier molecular flexibility index (Phi) is 7.33. The molecule has 0 radical (unpaired) electrons. The fourth-order valence-electron chi connectivity index (χ4n) is 4.20. The third kappa shape index (κ3) is 5.91. The first-order valence-electron chi connectivity index (χ1n) is 10.9. The zero-order valence-corrected chi connectivity index (χ0v) is 18.3. The van der Waals surface area contributed by atoms with Crippen molar-refractivity contribution in [2.75, 3.05) is 32.8 Å². The highest BCUT2D eigenvalue weighted by Gasteiger charge is 2.28. The Morgan fingerprint density at radius 2 is 1.77 bits per heavy atom. The van der Waals surface area contributed by atoms with Crippen LogP contribution in [0.4, 0.5) is 0 Å². The van der Waals surface area contributed by atoms with E-state index in [9.17, 15) is 9.90 Å². The van der Waals surface area contributed by atoms with Gasteiger partial charge in [-0.3, -0.25) is 4.79 Å². The van der Waals surface area contributed by atoms with E-state index in [1.54, 1.807) is 0 Å². The number of halogens is 1. The largest absolute Gasteiger partial charge is 0.486 e. The summed E-state index contributed by atoms with van der Waals surface area (Å²) in [5.74, 6) is 1.05. The Balaban J connectivity index is 1.42. The van der Waals surface area contributed by atoms with Crippen LogP contribution in [0.1, 0.15) is 36.5 Å². The number of nitrogens with zero attached hydrogens (tertiary/aromatic N) is 1. The maximum absolute atomic E-state index is 12.7. The van der Waals surface area contributed by atoms with Gasteiger partial charge in [0.1, 0.15) is 13.2 Å². The number of fused-ring (bicyclic) bond motifs is 1. The van der Waals surface area contributed by atoms with Crippen molar-refractivity contribution in [3.05, 3.63) is 58.6 Å². The fourth-order valence-corrected chi connectivity index (χ4v) is 4.33. The molecule has 2 atom stereocenters. The predicted octanol–water partition coefficient (Wildman–Crippen LogP) is 3.56. The molecule has 0 aromatic heterocycles. The molecule has 2 aliphatic heterocycles. The van der Waals surface area contributed by atoms with Gasteiger partial charge in [-0.1, -0.05) is 29.8 Å². The molecule has 2 aliphatic rings. The van der Waals surface area contributed by atoms with Crippen molar-refractivity contribution >= 4 is 17.5 Å². The van der Waals surface area contributed by atoms with Crippen LogP contribution >= 0.6 is 11.6 Å². The topological polar surface area (TPSA) is 71.0 Å². The quantitative estimate of drug-likeness (QED) is 0.651. The van der Waals surface area contributed by atoms with Gasteiger partial charge in [0.15, 0.2) is 11.5 Å². The van der Waals surface area contributed by atoms with E-state index in [2.05, 4.69) is 10.2 Å². The molecule has 1 saturated heterocycles. The summed E-state index contributed by atoms with van der Waals surface area (Å²) >= 11 is 5.93. The van der Waals surface area contributed by atoms with Crippen LogP contribution in [-0.2, 0) is 11.3 Å². The summed E-state index contributed by atoms with van der Waals surface area (Å²) < 4.78 is 11.3. The molecular weight excluding hydrogens is 416 g/mol. The van der Waals surface area contributed by atoms with Crippen LogP contribution in [0.25, 0.3) is 0 Å². The van der Waals surface area contributed by atoms with Gasteiger partial charge in [0.2, 0.25) is 5.91 Å². The highest BCUT2D eigenvalue weighted by Crippen LogP contribution is 2.35. The smallest absolute Gasteiger partial charge is 0.220 e. The summed E-state index contributed by atoms with van der Waals surface area (Å²) in [7, 11) is 0. The van der Waals surface area contributed by atoms with E-state index < -0.39 is 6.10 Å². The molecule has 7 heteroatoms. The predicted molar refractivity (Wildman–Crippen MR) is 119 cm³/mol. The number of carbonyl (C=O) groups is 1. The molecule has 1 amide bonds. The number of hydrogen-bond acceptors (Lipinski definition) is 5. The minimum Gasteiger partial charge on any atom is -0.486 e. The van der Waals surface area contributed by atoms with Gasteiger partial charge >= 0.3 is 0 Å². The minimum absolute atomic E-state index is 0.0734. The summed E-state index contributed by atoms with van der Waals surface area (Å²) in [6.45, 7) is 4.17. The molecule has 2 aromatic carbocycles. The molecule has 166 valence electrons. The van der Waals surface area contributed by atoms with Crippen LogP contribution in [-0.4, -0.2) is 48.8 Å². The number of amides is 1. The minimum atomic E-state index is -0.766. The van der Waals surface area contributed by atoms with E-state index in [1.807, 2.05) is 42.5 Å². The van der Waals surface area contributed by atoms with Crippen molar-refractivity contribution in [2.24, 2.45) is 5.92 Å². The number of aliphatic hydroxyl groups is 1. The molecule has 2 heterocycles. The standard InChI is InChI=1S/C24H29ClN2O4/c25-20-6-3-17(4-7-20)15-26-23(28)14-19(16-27-9-1-2-10-27)24(29)18-5-8-21-22(13-18)31-12-11-30-21/h3-8,13,19,24,29H,1-2,9-12,14-16H2,(H,26,28)/t19-,24-/m1/s1. The first-order chi connectivity index (χ1) is 15.1. The zero-order chi connectivity index (χ0) is 21.6. The maximum Gasteiger partial charge on any atom is 0.220 e. The van der Waals surface area contributed by atoms with Crippen molar-refractivity contribution in [3.8, 4) is 11.5 Å². The molecule has 0 saturated carbocycles. The van der Waals surface area contributed by atoms with Crippen molar-refractivity contribution in [3.63, 3.8) is 0 Å². The van der Waals surface area contributed by atoms with Crippen molar-refractivity contribution in [2.45, 2.75) is 31.9 Å². The Bertz CT molecular complexity index is 884. The van der Waals surface area contributed by atoms with Crippen molar-refractivity contribution in [1.29, 1.82) is 0 Å². The van der Waals surface area contributed by atoms with E-state index in [0.29, 0.717) is 42.8 Å². The summed E-state index contributed by atoms with van der Waals surface area (Å²) in [5.41, 5.74) is 1.74. The summed E-state index contributed by atoms with van der Waals surface area (Å²) in [6, 6.07) is 12.9.